The van der Waals surface area contributed by atoms with Crippen molar-refractivity contribution in [3.05, 3.63) is 53.0 Å². The van der Waals surface area contributed by atoms with E-state index < -0.39 is 0 Å². The Morgan fingerprint density at radius 2 is 1.86 bits per heavy atom. The molecule has 2 rings (SSSR count). The summed E-state index contributed by atoms with van der Waals surface area (Å²) in [5.41, 5.74) is 1.68. The summed E-state index contributed by atoms with van der Waals surface area (Å²) in [4.78, 5) is 14.3. The van der Waals surface area contributed by atoms with Crippen molar-refractivity contribution in [3.63, 3.8) is 0 Å². The number of ether oxygens (including phenoxy) is 1. The highest BCUT2D eigenvalue weighted by molar-refractivity contribution is 5.95. The van der Waals surface area contributed by atoms with Gasteiger partial charge in [-0.05, 0) is 44.5 Å². The average molecular weight is 287 g/mol. The van der Waals surface area contributed by atoms with Crippen LogP contribution in [0.3, 0.4) is 0 Å². The van der Waals surface area contributed by atoms with Gasteiger partial charge < -0.3 is 14.1 Å². The molecule has 4 heteroatoms. The molecule has 0 saturated heterocycles. The fourth-order valence-electron chi connectivity index (χ4n) is 2.32. The molecule has 0 bridgehead atoms. The van der Waals surface area contributed by atoms with E-state index in [4.69, 9.17) is 9.15 Å². The van der Waals surface area contributed by atoms with Crippen LogP contribution in [0.25, 0.3) is 0 Å². The van der Waals surface area contributed by atoms with E-state index >= 15 is 0 Å². The molecule has 21 heavy (non-hydrogen) atoms. The quantitative estimate of drug-likeness (QED) is 0.860. The van der Waals surface area contributed by atoms with Crippen LogP contribution in [-0.4, -0.2) is 25.0 Å². The predicted octanol–water partition coefficient (Wildman–Crippen LogP) is 3.74. The molecule has 1 aromatic carbocycles. The Bertz CT molecular complexity index is 628. The fraction of sp³-hybridized carbons (Fsp3) is 0.353. The van der Waals surface area contributed by atoms with Crippen LogP contribution in [0.1, 0.15) is 40.4 Å². The molecule has 0 aliphatic carbocycles. The second-order valence-electron chi connectivity index (χ2n) is 5.19. The summed E-state index contributed by atoms with van der Waals surface area (Å²) in [6.07, 6.45) is 0. The van der Waals surface area contributed by atoms with Crippen molar-refractivity contribution in [2.24, 2.45) is 0 Å². The SMILES string of the molecule is COc1ccc(C(C)N(C)C(=O)c2cc(C)oc2C)cc1. The first-order chi connectivity index (χ1) is 9.93. The van der Waals surface area contributed by atoms with Crippen molar-refractivity contribution in [3.8, 4) is 5.75 Å². The maximum atomic E-state index is 12.6. The molecular weight excluding hydrogens is 266 g/mol. The second-order valence-corrected chi connectivity index (χ2v) is 5.19. The van der Waals surface area contributed by atoms with Crippen molar-refractivity contribution in [2.45, 2.75) is 26.8 Å². The Labute approximate surface area is 125 Å². The molecule has 1 heterocycles. The summed E-state index contributed by atoms with van der Waals surface area (Å²) in [7, 11) is 3.44. The lowest BCUT2D eigenvalue weighted by atomic mass is 10.1. The zero-order valence-corrected chi connectivity index (χ0v) is 13.1. The van der Waals surface area contributed by atoms with Crippen LogP contribution in [0, 0.1) is 13.8 Å². The van der Waals surface area contributed by atoms with Crippen molar-refractivity contribution >= 4 is 5.91 Å². The van der Waals surface area contributed by atoms with Gasteiger partial charge in [0.05, 0.1) is 18.7 Å². The van der Waals surface area contributed by atoms with Crippen LogP contribution in [0.2, 0.25) is 0 Å². The number of rotatable bonds is 4. The molecular formula is C17H21NO3. The molecule has 2 aromatic rings. The van der Waals surface area contributed by atoms with Crippen LogP contribution in [0.15, 0.2) is 34.7 Å². The average Bonchev–Trinajstić information content (AvgIpc) is 2.83. The third-order valence-corrected chi connectivity index (χ3v) is 3.77. The number of nitrogens with zero attached hydrogens (tertiary/aromatic N) is 1. The first-order valence-electron chi connectivity index (χ1n) is 6.92. The van der Waals surface area contributed by atoms with Crippen LogP contribution < -0.4 is 4.74 Å². The highest BCUT2D eigenvalue weighted by Gasteiger charge is 2.22. The number of benzene rings is 1. The number of hydrogen-bond acceptors (Lipinski definition) is 3. The van der Waals surface area contributed by atoms with Gasteiger partial charge in [0.25, 0.3) is 5.91 Å². The van der Waals surface area contributed by atoms with Gasteiger partial charge >= 0.3 is 0 Å². The number of methoxy groups -OCH3 is 1. The maximum Gasteiger partial charge on any atom is 0.257 e. The molecule has 0 spiro atoms. The number of hydrogen-bond donors (Lipinski definition) is 0. The van der Waals surface area contributed by atoms with Gasteiger partial charge in [-0.3, -0.25) is 4.79 Å². The molecule has 0 saturated carbocycles. The third kappa shape index (κ3) is 3.10. The van der Waals surface area contributed by atoms with Crippen LogP contribution in [0.5, 0.6) is 5.75 Å². The summed E-state index contributed by atoms with van der Waals surface area (Å²) in [5.74, 6) is 2.18. The van der Waals surface area contributed by atoms with E-state index in [0.717, 1.165) is 17.1 Å². The first-order valence-corrected chi connectivity index (χ1v) is 6.92. The lowest BCUT2D eigenvalue weighted by molar-refractivity contribution is 0.0741. The molecule has 0 fully saturated rings. The Kier molecular flexibility index (Phi) is 4.36. The molecule has 1 amide bonds. The van der Waals surface area contributed by atoms with Gasteiger partial charge in [-0.2, -0.15) is 0 Å². The first kappa shape index (κ1) is 15.2. The van der Waals surface area contributed by atoms with Gasteiger partial charge in [0.1, 0.15) is 17.3 Å². The van der Waals surface area contributed by atoms with E-state index in [1.54, 1.807) is 25.1 Å². The molecule has 0 aliphatic rings. The predicted molar refractivity (Wildman–Crippen MR) is 81.7 cm³/mol. The van der Waals surface area contributed by atoms with Gasteiger partial charge in [0.2, 0.25) is 0 Å². The van der Waals surface area contributed by atoms with Crippen LogP contribution >= 0.6 is 0 Å². The summed E-state index contributed by atoms with van der Waals surface area (Å²) in [6, 6.07) is 9.50. The van der Waals surface area contributed by atoms with E-state index in [-0.39, 0.29) is 11.9 Å². The van der Waals surface area contributed by atoms with Gasteiger partial charge in [-0.1, -0.05) is 12.1 Å². The topological polar surface area (TPSA) is 42.7 Å². The number of furan rings is 1. The number of aryl methyl sites for hydroxylation is 2. The molecule has 1 atom stereocenters. The molecule has 112 valence electrons. The highest BCUT2D eigenvalue weighted by Crippen LogP contribution is 2.24. The lowest BCUT2D eigenvalue weighted by Crippen LogP contribution is -2.29. The third-order valence-electron chi connectivity index (χ3n) is 3.77. The Hall–Kier alpha value is -2.23. The molecule has 1 aromatic heterocycles. The van der Waals surface area contributed by atoms with Crippen LogP contribution in [-0.2, 0) is 0 Å². The minimum Gasteiger partial charge on any atom is -0.497 e. The summed E-state index contributed by atoms with van der Waals surface area (Å²) < 4.78 is 10.6. The standard InChI is InChI=1S/C17H21NO3/c1-11-10-16(13(3)21-11)17(19)18(4)12(2)14-6-8-15(20-5)9-7-14/h6-10,12H,1-5H3. The number of amides is 1. The zero-order valence-electron chi connectivity index (χ0n) is 13.1. The smallest absolute Gasteiger partial charge is 0.257 e. The van der Waals surface area contributed by atoms with Gasteiger partial charge in [-0.25, -0.2) is 0 Å². The Morgan fingerprint density at radius 1 is 1.24 bits per heavy atom. The van der Waals surface area contributed by atoms with E-state index in [1.807, 2.05) is 45.0 Å². The van der Waals surface area contributed by atoms with Crippen molar-refractivity contribution in [1.82, 2.24) is 4.90 Å². The molecule has 0 radical (unpaired) electrons. The Balaban J connectivity index is 2.19. The maximum absolute atomic E-state index is 12.6. The zero-order chi connectivity index (χ0) is 15.6. The number of carbonyl (C=O) groups excluding carboxylic acids is 1. The van der Waals surface area contributed by atoms with Crippen molar-refractivity contribution in [2.75, 3.05) is 14.2 Å². The monoisotopic (exact) mass is 287 g/mol. The van der Waals surface area contributed by atoms with Crippen molar-refractivity contribution < 1.29 is 13.9 Å². The van der Waals surface area contributed by atoms with E-state index in [1.165, 1.54) is 0 Å². The lowest BCUT2D eigenvalue weighted by Gasteiger charge is -2.25. The van der Waals surface area contributed by atoms with E-state index in [2.05, 4.69) is 0 Å². The van der Waals surface area contributed by atoms with Gasteiger partial charge in [0, 0.05) is 7.05 Å². The summed E-state index contributed by atoms with van der Waals surface area (Å²) >= 11 is 0. The highest BCUT2D eigenvalue weighted by atomic mass is 16.5. The Morgan fingerprint density at radius 3 is 2.33 bits per heavy atom. The van der Waals surface area contributed by atoms with Crippen LogP contribution in [0.4, 0.5) is 0 Å². The molecule has 4 nitrogen and oxygen atoms in total. The van der Waals surface area contributed by atoms with Gasteiger partial charge in [-0.15, -0.1) is 0 Å². The summed E-state index contributed by atoms with van der Waals surface area (Å²) in [5, 5.41) is 0. The minimum atomic E-state index is -0.0346. The normalized spacial score (nSPS) is 12.0. The van der Waals surface area contributed by atoms with E-state index in [0.29, 0.717) is 11.3 Å². The summed E-state index contributed by atoms with van der Waals surface area (Å²) in [6.45, 7) is 5.66. The molecule has 0 aliphatic heterocycles. The number of carbonyl (C=O) groups is 1. The largest absolute Gasteiger partial charge is 0.497 e. The minimum absolute atomic E-state index is 0.0296. The molecule has 1 unspecified atom stereocenters. The second kappa shape index (κ2) is 6.04. The fourth-order valence-corrected chi connectivity index (χ4v) is 2.32. The molecule has 0 N–H and O–H groups in total. The van der Waals surface area contributed by atoms with E-state index in [9.17, 15) is 4.79 Å². The van der Waals surface area contributed by atoms with Gasteiger partial charge in [0.15, 0.2) is 0 Å². The van der Waals surface area contributed by atoms with Crippen molar-refractivity contribution in [1.29, 1.82) is 0 Å².